The third kappa shape index (κ3) is 3.15. The van der Waals surface area contributed by atoms with Gasteiger partial charge in [-0.05, 0) is 61.0 Å². The van der Waals surface area contributed by atoms with Crippen LogP contribution in [0.1, 0.15) is 16.5 Å². The Kier molecular flexibility index (Phi) is 4.84. The molecule has 0 bridgehead atoms. The van der Waals surface area contributed by atoms with Crippen molar-refractivity contribution in [2.75, 3.05) is 7.11 Å². The molecule has 2 rings (SSSR count). The van der Waals surface area contributed by atoms with Crippen molar-refractivity contribution in [3.63, 3.8) is 0 Å². The minimum absolute atomic E-state index is 0.486. The maximum atomic E-state index is 10.2. The Bertz CT molecular complexity index is 540. The molecule has 0 saturated carbocycles. The number of hydrogen-bond acceptors (Lipinski definition) is 3. The summed E-state index contributed by atoms with van der Waals surface area (Å²) in [6.07, 6.45) is 0.0986. The molecule has 2 aromatic rings. The molecular weight excluding hydrogens is 380 g/mol. The van der Waals surface area contributed by atoms with Gasteiger partial charge in [-0.1, -0.05) is 6.07 Å². The minimum atomic E-state index is -0.486. The van der Waals surface area contributed by atoms with Crippen molar-refractivity contribution in [2.45, 2.75) is 12.5 Å². The van der Waals surface area contributed by atoms with Crippen molar-refractivity contribution in [3.8, 4) is 5.75 Å². The van der Waals surface area contributed by atoms with Crippen molar-refractivity contribution in [2.24, 2.45) is 0 Å². The van der Waals surface area contributed by atoms with Gasteiger partial charge < -0.3 is 9.84 Å². The van der Waals surface area contributed by atoms with Gasteiger partial charge in [0.25, 0.3) is 0 Å². The van der Waals surface area contributed by atoms with Gasteiger partial charge in [0.2, 0.25) is 0 Å². The molecule has 2 nitrogen and oxygen atoms in total. The van der Waals surface area contributed by atoms with E-state index >= 15 is 0 Å². The fourth-order valence-corrected chi connectivity index (χ4v) is 3.91. The predicted octanol–water partition coefficient (Wildman–Crippen LogP) is 4.56. The van der Waals surface area contributed by atoms with E-state index in [1.54, 1.807) is 18.4 Å². The molecule has 1 aromatic heterocycles. The smallest absolute Gasteiger partial charge is 0.133 e. The molecule has 0 saturated heterocycles. The van der Waals surface area contributed by atoms with E-state index in [9.17, 15) is 5.11 Å². The number of hydrogen-bond donors (Lipinski definition) is 1. The number of ether oxygens (including phenoxy) is 1. The van der Waals surface area contributed by atoms with E-state index in [4.69, 9.17) is 4.74 Å². The molecule has 0 radical (unpaired) electrons. The molecule has 5 heteroatoms. The maximum Gasteiger partial charge on any atom is 0.133 e. The SMILES string of the molecule is COc1ccc(CC(O)c2sccc2Br)cc1Br. The molecule has 1 heterocycles. The van der Waals surface area contributed by atoms with E-state index in [1.165, 1.54) is 0 Å². The average molecular weight is 392 g/mol. The van der Waals surface area contributed by atoms with Crippen LogP contribution in [0, 0.1) is 0 Å². The van der Waals surface area contributed by atoms with Crippen LogP contribution in [-0.4, -0.2) is 12.2 Å². The Morgan fingerprint density at radius 2 is 2.06 bits per heavy atom. The van der Waals surface area contributed by atoms with Crippen LogP contribution in [0.5, 0.6) is 5.75 Å². The van der Waals surface area contributed by atoms with Crippen molar-refractivity contribution >= 4 is 43.2 Å². The average Bonchev–Trinajstić information content (AvgIpc) is 2.76. The summed E-state index contributed by atoms with van der Waals surface area (Å²) in [4.78, 5) is 0.960. The molecule has 1 N–H and O–H groups in total. The molecule has 0 spiro atoms. The lowest BCUT2D eigenvalue weighted by molar-refractivity contribution is 0.181. The third-order valence-corrected chi connectivity index (χ3v) is 5.18. The lowest BCUT2D eigenvalue weighted by Crippen LogP contribution is -2.00. The highest BCUT2D eigenvalue weighted by Gasteiger charge is 2.14. The maximum absolute atomic E-state index is 10.2. The molecule has 1 atom stereocenters. The molecule has 0 amide bonds. The minimum Gasteiger partial charge on any atom is -0.496 e. The standard InChI is InChI=1S/C13H12Br2O2S/c1-17-12-3-2-8(6-10(12)15)7-11(16)13-9(14)4-5-18-13/h2-6,11,16H,7H2,1H3. The van der Waals surface area contributed by atoms with Crippen LogP contribution in [0.3, 0.4) is 0 Å². The predicted molar refractivity (Wildman–Crippen MR) is 81.4 cm³/mol. The first-order valence-electron chi connectivity index (χ1n) is 5.35. The van der Waals surface area contributed by atoms with Crippen molar-refractivity contribution < 1.29 is 9.84 Å². The van der Waals surface area contributed by atoms with E-state index in [0.717, 1.165) is 25.1 Å². The Labute approximate surface area is 127 Å². The summed E-state index contributed by atoms with van der Waals surface area (Å²) in [6.45, 7) is 0. The summed E-state index contributed by atoms with van der Waals surface area (Å²) in [6, 6.07) is 7.79. The second-order valence-electron chi connectivity index (χ2n) is 3.82. The third-order valence-electron chi connectivity index (χ3n) is 2.59. The Balaban J connectivity index is 2.15. The molecule has 0 fully saturated rings. The fourth-order valence-electron chi connectivity index (χ4n) is 1.70. The van der Waals surface area contributed by atoms with Crippen LogP contribution >= 0.6 is 43.2 Å². The number of methoxy groups -OCH3 is 1. The number of halogens is 2. The van der Waals surface area contributed by atoms with Crippen LogP contribution in [0.2, 0.25) is 0 Å². The normalized spacial score (nSPS) is 12.4. The van der Waals surface area contributed by atoms with Crippen molar-refractivity contribution in [3.05, 3.63) is 49.0 Å². The van der Waals surface area contributed by atoms with Crippen LogP contribution in [0.25, 0.3) is 0 Å². The summed E-state index contributed by atoms with van der Waals surface area (Å²) >= 11 is 8.44. The fraction of sp³-hybridized carbons (Fsp3) is 0.231. The number of aliphatic hydroxyl groups is 1. The van der Waals surface area contributed by atoms with Crippen molar-refractivity contribution in [1.29, 1.82) is 0 Å². The number of thiophene rings is 1. The van der Waals surface area contributed by atoms with Gasteiger partial charge in [0, 0.05) is 15.8 Å². The van der Waals surface area contributed by atoms with Crippen LogP contribution in [-0.2, 0) is 6.42 Å². The second kappa shape index (κ2) is 6.19. The quantitative estimate of drug-likeness (QED) is 0.827. The molecule has 0 aliphatic carbocycles. The van der Waals surface area contributed by atoms with E-state index in [0.29, 0.717) is 6.42 Å². The van der Waals surface area contributed by atoms with E-state index in [2.05, 4.69) is 31.9 Å². The number of benzene rings is 1. The zero-order valence-electron chi connectivity index (χ0n) is 9.69. The first kappa shape index (κ1) is 14.1. The Morgan fingerprint density at radius 1 is 1.28 bits per heavy atom. The summed E-state index contributed by atoms with van der Waals surface area (Å²) in [5.41, 5.74) is 1.07. The lowest BCUT2D eigenvalue weighted by atomic mass is 10.1. The van der Waals surface area contributed by atoms with Gasteiger partial charge in [0.05, 0.1) is 17.7 Å². The topological polar surface area (TPSA) is 29.5 Å². The highest BCUT2D eigenvalue weighted by molar-refractivity contribution is 9.10. The van der Waals surface area contributed by atoms with E-state index in [1.807, 2.05) is 29.6 Å². The lowest BCUT2D eigenvalue weighted by Gasteiger charge is -2.11. The molecular formula is C13H12Br2O2S. The Morgan fingerprint density at radius 3 is 2.61 bits per heavy atom. The highest BCUT2D eigenvalue weighted by atomic mass is 79.9. The molecule has 18 heavy (non-hydrogen) atoms. The van der Waals surface area contributed by atoms with Gasteiger partial charge in [-0.15, -0.1) is 11.3 Å². The molecule has 96 valence electrons. The monoisotopic (exact) mass is 390 g/mol. The van der Waals surface area contributed by atoms with Crippen LogP contribution in [0.15, 0.2) is 38.6 Å². The van der Waals surface area contributed by atoms with E-state index < -0.39 is 6.10 Å². The first-order chi connectivity index (χ1) is 8.61. The molecule has 1 unspecified atom stereocenters. The van der Waals surface area contributed by atoms with Gasteiger partial charge in [-0.3, -0.25) is 0 Å². The van der Waals surface area contributed by atoms with Gasteiger partial charge in [-0.2, -0.15) is 0 Å². The van der Waals surface area contributed by atoms with Crippen molar-refractivity contribution in [1.82, 2.24) is 0 Å². The molecule has 0 aliphatic rings. The molecule has 1 aromatic carbocycles. The largest absolute Gasteiger partial charge is 0.496 e. The number of rotatable bonds is 4. The van der Waals surface area contributed by atoms with Gasteiger partial charge >= 0.3 is 0 Å². The molecule has 0 aliphatic heterocycles. The van der Waals surface area contributed by atoms with E-state index in [-0.39, 0.29) is 0 Å². The second-order valence-corrected chi connectivity index (χ2v) is 6.48. The van der Waals surface area contributed by atoms with Gasteiger partial charge in [0.15, 0.2) is 0 Å². The highest BCUT2D eigenvalue weighted by Crippen LogP contribution is 2.32. The zero-order valence-corrected chi connectivity index (χ0v) is 13.7. The summed E-state index contributed by atoms with van der Waals surface area (Å²) in [5, 5.41) is 12.2. The summed E-state index contributed by atoms with van der Waals surface area (Å²) < 4.78 is 7.05. The Hall–Kier alpha value is -0.360. The number of aliphatic hydroxyl groups excluding tert-OH is 1. The van der Waals surface area contributed by atoms with Gasteiger partial charge in [-0.25, -0.2) is 0 Å². The summed E-state index contributed by atoms with van der Waals surface area (Å²) in [7, 11) is 1.64. The first-order valence-corrected chi connectivity index (χ1v) is 7.81. The zero-order chi connectivity index (χ0) is 13.1. The van der Waals surface area contributed by atoms with Crippen LogP contribution in [0.4, 0.5) is 0 Å². The van der Waals surface area contributed by atoms with Gasteiger partial charge in [0.1, 0.15) is 5.75 Å². The van der Waals surface area contributed by atoms with Crippen LogP contribution < -0.4 is 4.74 Å². The summed E-state index contributed by atoms with van der Waals surface area (Å²) in [5.74, 6) is 0.797.